The van der Waals surface area contributed by atoms with E-state index in [0.29, 0.717) is 6.04 Å². The molecule has 1 aromatic carbocycles. The number of benzene rings is 1. The number of rotatable bonds is 2. The topological polar surface area (TPSA) is 35.6 Å². The second-order valence-electron chi connectivity index (χ2n) is 5.58. The molecule has 1 N–H and O–H groups in total. The Morgan fingerprint density at radius 2 is 1.95 bits per heavy atom. The van der Waals surface area contributed by atoms with Gasteiger partial charge in [-0.15, -0.1) is 0 Å². The summed E-state index contributed by atoms with van der Waals surface area (Å²) in [7, 11) is 0. The lowest BCUT2D eigenvalue weighted by Crippen LogP contribution is -2.62. The van der Waals surface area contributed by atoms with Crippen LogP contribution >= 0.6 is 22.6 Å². The van der Waals surface area contributed by atoms with Gasteiger partial charge in [0.1, 0.15) is 0 Å². The average Bonchev–Trinajstić information content (AvgIpc) is 2.40. The van der Waals surface area contributed by atoms with Gasteiger partial charge < -0.3 is 10.2 Å². The molecule has 20 heavy (non-hydrogen) atoms. The molecule has 2 heterocycles. The molecule has 0 aromatic heterocycles. The predicted octanol–water partition coefficient (Wildman–Crippen LogP) is 1.33. The van der Waals surface area contributed by atoms with Crippen LogP contribution in [0.1, 0.15) is 15.9 Å². The fraction of sp³-hybridized carbons (Fsp3) is 0.533. The van der Waals surface area contributed by atoms with Crippen LogP contribution in [-0.2, 0) is 0 Å². The van der Waals surface area contributed by atoms with E-state index in [0.717, 1.165) is 48.4 Å². The lowest BCUT2D eigenvalue weighted by Gasteiger charge is -2.43. The summed E-state index contributed by atoms with van der Waals surface area (Å²) < 4.78 is 1.08. The number of hydrogen-bond acceptors (Lipinski definition) is 3. The van der Waals surface area contributed by atoms with E-state index >= 15 is 0 Å². The number of hydrogen-bond donors (Lipinski definition) is 1. The highest BCUT2D eigenvalue weighted by atomic mass is 127. The lowest BCUT2D eigenvalue weighted by molar-refractivity contribution is 0.0501. The van der Waals surface area contributed by atoms with E-state index in [1.807, 2.05) is 17.0 Å². The number of piperazine rings is 1. The molecule has 108 valence electrons. The van der Waals surface area contributed by atoms with Gasteiger partial charge in [0, 0.05) is 48.9 Å². The van der Waals surface area contributed by atoms with Crippen LogP contribution < -0.4 is 5.32 Å². The third kappa shape index (κ3) is 2.71. The molecule has 3 rings (SSSR count). The first kappa shape index (κ1) is 14.3. The summed E-state index contributed by atoms with van der Waals surface area (Å²) in [6.07, 6.45) is 0. The van der Waals surface area contributed by atoms with Crippen LogP contribution in [0.4, 0.5) is 0 Å². The Kier molecular flexibility index (Phi) is 4.28. The van der Waals surface area contributed by atoms with E-state index in [9.17, 15) is 4.79 Å². The Hall–Kier alpha value is -0.660. The molecule has 2 fully saturated rings. The van der Waals surface area contributed by atoms with Gasteiger partial charge in [0.05, 0.1) is 5.56 Å². The van der Waals surface area contributed by atoms with E-state index in [1.165, 1.54) is 5.56 Å². The number of nitrogens with zero attached hydrogens (tertiary/aromatic N) is 2. The molecule has 0 unspecified atom stereocenters. The van der Waals surface area contributed by atoms with Crippen molar-refractivity contribution < 1.29 is 4.79 Å². The molecule has 0 atom stereocenters. The molecule has 0 spiro atoms. The minimum absolute atomic E-state index is 0.185. The Morgan fingerprint density at radius 3 is 2.55 bits per heavy atom. The summed E-state index contributed by atoms with van der Waals surface area (Å²) in [5.74, 6) is 0.185. The molecule has 5 heteroatoms. The van der Waals surface area contributed by atoms with Crippen molar-refractivity contribution in [1.29, 1.82) is 0 Å². The normalized spacial score (nSPS) is 20.8. The van der Waals surface area contributed by atoms with Crippen molar-refractivity contribution in [3.63, 3.8) is 0 Å². The highest BCUT2D eigenvalue weighted by molar-refractivity contribution is 14.1. The summed E-state index contributed by atoms with van der Waals surface area (Å²) >= 11 is 2.28. The van der Waals surface area contributed by atoms with E-state index in [1.54, 1.807) is 0 Å². The van der Waals surface area contributed by atoms with Crippen LogP contribution in [-0.4, -0.2) is 61.0 Å². The number of halogens is 1. The van der Waals surface area contributed by atoms with Crippen molar-refractivity contribution in [2.24, 2.45) is 0 Å². The zero-order chi connectivity index (χ0) is 14.1. The van der Waals surface area contributed by atoms with Crippen LogP contribution in [0.25, 0.3) is 0 Å². The molecule has 0 bridgehead atoms. The van der Waals surface area contributed by atoms with Crippen molar-refractivity contribution >= 4 is 28.5 Å². The molecule has 2 aliphatic rings. The van der Waals surface area contributed by atoms with Gasteiger partial charge in [-0.2, -0.15) is 0 Å². The summed E-state index contributed by atoms with van der Waals surface area (Å²) in [5, 5.41) is 3.31. The molecule has 1 aromatic rings. The van der Waals surface area contributed by atoms with Gasteiger partial charge in [-0.25, -0.2) is 0 Å². The fourth-order valence-corrected chi connectivity index (χ4v) is 3.40. The van der Waals surface area contributed by atoms with E-state index in [2.05, 4.69) is 45.8 Å². The third-order valence-electron chi connectivity index (χ3n) is 4.30. The van der Waals surface area contributed by atoms with Crippen molar-refractivity contribution in [2.75, 3.05) is 39.3 Å². The molecule has 0 saturated carbocycles. The number of carbonyl (C=O) groups is 1. The Bertz CT molecular complexity index is 508. The molecule has 2 aliphatic heterocycles. The Morgan fingerprint density at radius 1 is 1.25 bits per heavy atom. The van der Waals surface area contributed by atoms with Crippen molar-refractivity contribution in [2.45, 2.75) is 13.0 Å². The largest absolute Gasteiger partial charge is 0.336 e. The van der Waals surface area contributed by atoms with Gasteiger partial charge in [-0.3, -0.25) is 9.69 Å². The van der Waals surface area contributed by atoms with Crippen molar-refractivity contribution in [3.8, 4) is 0 Å². The fourth-order valence-electron chi connectivity index (χ4n) is 2.80. The second-order valence-corrected chi connectivity index (χ2v) is 6.66. The van der Waals surface area contributed by atoms with Crippen LogP contribution in [0.5, 0.6) is 0 Å². The predicted molar refractivity (Wildman–Crippen MR) is 88.0 cm³/mol. The molecule has 1 amide bonds. The first-order chi connectivity index (χ1) is 9.66. The first-order valence-electron chi connectivity index (χ1n) is 7.16. The van der Waals surface area contributed by atoms with Gasteiger partial charge in [-0.1, -0.05) is 12.1 Å². The Labute approximate surface area is 133 Å². The minimum Gasteiger partial charge on any atom is -0.336 e. The maximum absolute atomic E-state index is 12.6. The van der Waals surface area contributed by atoms with Gasteiger partial charge in [0.15, 0.2) is 0 Å². The van der Waals surface area contributed by atoms with Crippen LogP contribution in [0.15, 0.2) is 18.2 Å². The maximum atomic E-state index is 12.6. The van der Waals surface area contributed by atoms with E-state index in [-0.39, 0.29) is 5.91 Å². The summed E-state index contributed by atoms with van der Waals surface area (Å²) in [6, 6.07) is 6.66. The van der Waals surface area contributed by atoms with Gasteiger partial charge in [0.2, 0.25) is 0 Å². The van der Waals surface area contributed by atoms with Crippen molar-refractivity contribution in [1.82, 2.24) is 15.1 Å². The van der Waals surface area contributed by atoms with E-state index in [4.69, 9.17) is 0 Å². The SMILES string of the molecule is Cc1cccc(C(=O)N2CCN(C3CNC3)CC2)c1I. The first-order valence-corrected chi connectivity index (χ1v) is 8.24. The highest BCUT2D eigenvalue weighted by Crippen LogP contribution is 2.19. The molecule has 0 aliphatic carbocycles. The van der Waals surface area contributed by atoms with Crippen molar-refractivity contribution in [3.05, 3.63) is 32.9 Å². The quantitative estimate of drug-likeness (QED) is 0.781. The minimum atomic E-state index is 0.185. The van der Waals surface area contributed by atoms with E-state index < -0.39 is 0 Å². The average molecular weight is 385 g/mol. The smallest absolute Gasteiger partial charge is 0.255 e. The highest BCUT2D eigenvalue weighted by Gasteiger charge is 2.29. The molecule has 4 nitrogen and oxygen atoms in total. The number of carbonyl (C=O) groups excluding carboxylic acids is 1. The zero-order valence-electron chi connectivity index (χ0n) is 11.7. The summed E-state index contributed by atoms with van der Waals surface area (Å²) in [6.45, 7) is 7.95. The molecular weight excluding hydrogens is 365 g/mol. The monoisotopic (exact) mass is 385 g/mol. The number of aryl methyl sites for hydroxylation is 1. The zero-order valence-corrected chi connectivity index (χ0v) is 13.9. The summed E-state index contributed by atoms with van der Waals surface area (Å²) in [4.78, 5) is 17.1. The van der Waals surface area contributed by atoms with Gasteiger partial charge in [-0.05, 0) is 41.1 Å². The molecule has 0 radical (unpaired) electrons. The molecular formula is C15H20IN3O. The van der Waals surface area contributed by atoms with Gasteiger partial charge in [0.25, 0.3) is 5.91 Å². The van der Waals surface area contributed by atoms with Gasteiger partial charge >= 0.3 is 0 Å². The summed E-state index contributed by atoms with van der Waals surface area (Å²) in [5.41, 5.74) is 2.03. The van der Waals surface area contributed by atoms with Crippen LogP contribution in [0.3, 0.4) is 0 Å². The lowest BCUT2D eigenvalue weighted by atomic mass is 10.1. The third-order valence-corrected chi connectivity index (χ3v) is 5.73. The number of nitrogens with one attached hydrogen (secondary N) is 1. The second kappa shape index (κ2) is 5.99. The maximum Gasteiger partial charge on any atom is 0.255 e. The molecule has 2 saturated heterocycles. The standard InChI is InChI=1S/C15H20IN3O/c1-11-3-2-4-13(14(11)16)15(20)19-7-5-18(6-8-19)12-9-17-10-12/h2-4,12,17H,5-10H2,1H3. The number of amides is 1. The van der Waals surface area contributed by atoms with Crippen LogP contribution in [0, 0.1) is 10.5 Å². The van der Waals surface area contributed by atoms with Crippen LogP contribution in [0.2, 0.25) is 0 Å². The Balaban J connectivity index is 1.65.